The van der Waals surface area contributed by atoms with E-state index in [4.69, 9.17) is 5.73 Å². The summed E-state index contributed by atoms with van der Waals surface area (Å²) in [6.45, 7) is 0. The molecule has 0 fully saturated rings. The molecular formula is C19H21N3O3. The highest BCUT2D eigenvalue weighted by Gasteiger charge is 2.24. The second-order valence-electron chi connectivity index (χ2n) is 6.39. The Morgan fingerprint density at radius 1 is 1.24 bits per heavy atom. The van der Waals surface area contributed by atoms with E-state index in [0.717, 1.165) is 24.8 Å². The molecule has 1 aliphatic rings. The van der Waals surface area contributed by atoms with Crippen molar-refractivity contribution in [2.75, 3.05) is 0 Å². The summed E-state index contributed by atoms with van der Waals surface area (Å²) >= 11 is 0. The number of nitrogens with two attached hydrogens (primary N) is 1. The first-order chi connectivity index (χ1) is 12.0. The van der Waals surface area contributed by atoms with Gasteiger partial charge in [0.2, 0.25) is 5.91 Å². The fraction of sp³-hybridized carbons (Fsp3) is 0.316. The molecule has 130 valence electrons. The van der Waals surface area contributed by atoms with Crippen molar-refractivity contribution in [2.45, 2.75) is 37.8 Å². The van der Waals surface area contributed by atoms with E-state index >= 15 is 0 Å². The van der Waals surface area contributed by atoms with E-state index in [2.05, 4.69) is 17.4 Å². The molecular weight excluding hydrogens is 318 g/mol. The molecule has 0 heterocycles. The molecule has 0 radical (unpaired) electrons. The molecule has 6 nitrogen and oxygen atoms in total. The van der Waals surface area contributed by atoms with Crippen LogP contribution in [0.4, 0.5) is 5.69 Å². The number of amides is 1. The van der Waals surface area contributed by atoms with Crippen LogP contribution >= 0.6 is 0 Å². The van der Waals surface area contributed by atoms with E-state index in [1.165, 1.54) is 23.3 Å². The number of fused-ring (bicyclic) bond motifs is 1. The summed E-state index contributed by atoms with van der Waals surface area (Å²) in [6.07, 6.45) is 3.34. The van der Waals surface area contributed by atoms with Crippen molar-refractivity contribution in [1.29, 1.82) is 0 Å². The number of nitrogens with zero attached hydrogens (tertiary/aromatic N) is 1. The average molecular weight is 339 g/mol. The van der Waals surface area contributed by atoms with Crippen molar-refractivity contribution in [3.8, 4) is 0 Å². The zero-order chi connectivity index (χ0) is 17.8. The maximum absolute atomic E-state index is 12.5. The largest absolute Gasteiger partial charge is 0.348 e. The molecule has 0 spiro atoms. The molecule has 0 saturated heterocycles. The zero-order valence-electron chi connectivity index (χ0n) is 13.9. The minimum atomic E-state index is -0.685. The lowest BCUT2D eigenvalue weighted by Gasteiger charge is -2.27. The van der Waals surface area contributed by atoms with Crippen LogP contribution < -0.4 is 11.1 Å². The number of nitro benzene ring substituents is 1. The van der Waals surface area contributed by atoms with Crippen molar-refractivity contribution in [1.82, 2.24) is 5.32 Å². The quantitative estimate of drug-likeness (QED) is 0.646. The highest BCUT2D eigenvalue weighted by Crippen LogP contribution is 2.29. The van der Waals surface area contributed by atoms with E-state index in [1.54, 1.807) is 12.1 Å². The number of nitro groups is 1. The fourth-order valence-electron chi connectivity index (χ4n) is 3.28. The number of nitrogens with one attached hydrogen (secondary N) is 1. The third-order valence-corrected chi connectivity index (χ3v) is 4.63. The monoisotopic (exact) mass is 339 g/mol. The maximum Gasteiger partial charge on any atom is 0.269 e. The van der Waals surface area contributed by atoms with Gasteiger partial charge in [-0.1, -0.05) is 36.4 Å². The van der Waals surface area contributed by atoms with Crippen molar-refractivity contribution in [3.63, 3.8) is 0 Å². The SMILES string of the molecule is N[C@@H](Cc1ccc([N+](=O)[O-])cc1)C(=O)NC1CCCc2ccccc21. The van der Waals surface area contributed by atoms with Crippen molar-refractivity contribution < 1.29 is 9.72 Å². The number of hydrogen-bond acceptors (Lipinski definition) is 4. The summed E-state index contributed by atoms with van der Waals surface area (Å²) in [7, 11) is 0. The van der Waals surface area contributed by atoms with Crippen LogP contribution in [-0.4, -0.2) is 16.9 Å². The lowest BCUT2D eigenvalue weighted by molar-refractivity contribution is -0.384. The van der Waals surface area contributed by atoms with Gasteiger partial charge in [0, 0.05) is 12.1 Å². The lowest BCUT2D eigenvalue weighted by atomic mass is 9.87. The molecule has 3 N–H and O–H groups in total. The van der Waals surface area contributed by atoms with Gasteiger partial charge in [-0.2, -0.15) is 0 Å². The number of benzene rings is 2. The Bertz CT molecular complexity index is 774. The van der Waals surface area contributed by atoms with Crippen LogP contribution in [0.15, 0.2) is 48.5 Å². The van der Waals surface area contributed by atoms with Crippen LogP contribution in [0.5, 0.6) is 0 Å². The number of non-ortho nitro benzene ring substituents is 1. The minimum absolute atomic E-state index is 0.000334. The summed E-state index contributed by atoms with van der Waals surface area (Å²) in [5.41, 5.74) is 9.32. The van der Waals surface area contributed by atoms with Gasteiger partial charge >= 0.3 is 0 Å². The predicted molar refractivity (Wildman–Crippen MR) is 95.0 cm³/mol. The van der Waals surface area contributed by atoms with Crippen LogP contribution in [0.2, 0.25) is 0 Å². The Hall–Kier alpha value is -2.73. The average Bonchev–Trinajstić information content (AvgIpc) is 2.62. The summed E-state index contributed by atoms with van der Waals surface area (Å²) in [5, 5.41) is 13.7. The standard InChI is InChI=1S/C19H21N3O3/c20-17(12-13-8-10-15(11-9-13)22(24)25)19(23)21-18-7-3-5-14-4-1-2-6-16(14)18/h1-2,4,6,8-11,17-18H,3,5,7,12,20H2,(H,21,23)/t17-,18?/m0/s1. The molecule has 1 amide bonds. The molecule has 0 aromatic heterocycles. The van der Waals surface area contributed by atoms with Gasteiger partial charge < -0.3 is 11.1 Å². The van der Waals surface area contributed by atoms with E-state index in [-0.39, 0.29) is 17.6 Å². The van der Waals surface area contributed by atoms with Gasteiger partial charge in [-0.15, -0.1) is 0 Å². The number of carbonyl (C=O) groups excluding carboxylic acids is 1. The second-order valence-corrected chi connectivity index (χ2v) is 6.39. The predicted octanol–water partition coefficient (Wildman–Crippen LogP) is 2.66. The highest BCUT2D eigenvalue weighted by molar-refractivity contribution is 5.82. The molecule has 2 aromatic rings. The number of rotatable bonds is 5. The number of hydrogen-bond donors (Lipinski definition) is 2. The van der Waals surface area contributed by atoms with E-state index in [0.29, 0.717) is 6.42 Å². The van der Waals surface area contributed by atoms with Gasteiger partial charge in [0.25, 0.3) is 5.69 Å². The van der Waals surface area contributed by atoms with Crippen molar-refractivity contribution >= 4 is 11.6 Å². The number of aryl methyl sites for hydroxylation is 1. The van der Waals surface area contributed by atoms with Gasteiger partial charge in [0.1, 0.15) is 0 Å². The smallest absolute Gasteiger partial charge is 0.269 e. The zero-order valence-corrected chi connectivity index (χ0v) is 13.9. The Balaban J connectivity index is 1.62. The Labute approximate surface area is 146 Å². The van der Waals surface area contributed by atoms with E-state index < -0.39 is 11.0 Å². The second kappa shape index (κ2) is 7.44. The molecule has 0 saturated carbocycles. The van der Waals surface area contributed by atoms with Crippen LogP contribution in [0.25, 0.3) is 0 Å². The van der Waals surface area contributed by atoms with Gasteiger partial charge in [-0.3, -0.25) is 14.9 Å². The first kappa shape index (κ1) is 17.1. The molecule has 2 aromatic carbocycles. The molecule has 2 atom stereocenters. The lowest BCUT2D eigenvalue weighted by Crippen LogP contribution is -2.44. The summed E-state index contributed by atoms with van der Waals surface area (Å²) < 4.78 is 0. The summed E-state index contributed by atoms with van der Waals surface area (Å²) in [6, 6.07) is 13.6. The first-order valence-corrected chi connectivity index (χ1v) is 8.41. The third-order valence-electron chi connectivity index (χ3n) is 4.63. The van der Waals surface area contributed by atoms with Gasteiger partial charge in [0.15, 0.2) is 0 Å². The Morgan fingerprint density at radius 2 is 1.96 bits per heavy atom. The molecule has 3 rings (SSSR count). The first-order valence-electron chi connectivity index (χ1n) is 8.41. The van der Waals surface area contributed by atoms with Gasteiger partial charge in [-0.05, 0) is 42.4 Å². The molecule has 25 heavy (non-hydrogen) atoms. The normalized spacial score (nSPS) is 17.4. The van der Waals surface area contributed by atoms with Crippen molar-refractivity contribution in [2.24, 2.45) is 5.73 Å². The van der Waals surface area contributed by atoms with Crippen molar-refractivity contribution in [3.05, 3.63) is 75.3 Å². The highest BCUT2D eigenvalue weighted by atomic mass is 16.6. The molecule has 0 aliphatic heterocycles. The van der Waals surface area contributed by atoms with Crippen LogP contribution in [-0.2, 0) is 17.6 Å². The molecule has 6 heteroatoms. The van der Waals surface area contributed by atoms with E-state index in [1.807, 2.05) is 12.1 Å². The summed E-state index contributed by atoms with van der Waals surface area (Å²) in [4.78, 5) is 22.7. The third kappa shape index (κ3) is 4.03. The van der Waals surface area contributed by atoms with Crippen LogP contribution in [0, 0.1) is 10.1 Å². The fourth-order valence-corrected chi connectivity index (χ4v) is 3.28. The summed E-state index contributed by atoms with van der Waals surface area (Å²) in [5.74, 6) is -0.194. The van der Waals surface area contributed by atoms with Gasteiger partial charge in [0.05, 0.1) is 17.0 Å². The molecule has 0 bridgehead atoms. The molecule has 1 unspecified atom stereocenters. The van der Waals surface area contributed by atoms with Gasteiger partial charge in [-0.25, -0.2) is 0 Å². The minimum Gasteiger partial charge on any atom is -0.348 e. The Kier molecular flexibility index (Phi) is 5.09. The maximum atomic E-state index is 12.5. The Morgan fingerprint density at radius 3 is 2.68 bits per heavy atom. The van der Waals surface area contributed by atoms with Crippen LogP contribution in [0.3, 0.4) is 0 Å². The van der Waals surface area contributed by atoms with Crippen LogP contribution in [0.1, 0.15) is 35.6 Å². The van der Waals surface area contributed by atoms with E-state index in [9.17, 15) is 14.9 Å². The topological polar surface area (TPSA) is 98.3 Å². The number of carbonyl (C=O) groups is 1. The molecule has 1 aliphatic carbocycles.